The summed E-state index contributed by atoms with van der Waals surface area (Å²) in [5.41, 5.74) is 2.44. The van der Waals surface area contributed by atoms with Crippen molar-refractivity contribution < 1.29 is 0 Å². The Morgan fingerprint density at radius 1 is 1.43 bits per heavy atom. The molecule has 0 aromatic carbocycles. The molecular weight excluding hydrogens is 403 g/mol. The molecule has 0 fully saturated rings. The summed E-state index contributed by atoms with van der Waals surface area (Å²) >= 11 is 0. The van der Waals surface area contributed by atoms with Crippen molar-refractivity contribution in [2.45, 2.75) is 26.9 Å². The zero-order valence-electron chi connectivity index (χ0n) is 14.4. The Hall–Kier alpha value is -1.51. The Morgan fingerprint density at radius 2 is 2.22 bits per heavy atom. The maximum absolute atomic E-state index is 4.69. The van der Waals surface area contributed by atoms with Crippen molar-refractivity contribution in [1.29, 1.82) is 0 Å². The third kappa shape index (κ3) is 5.89. The van der Waals surface area contributed by atoms with Crippen LogP contribution in [-0.4, -0.2) is 45.3 Å². The molecule has 7 heteroatoms. The first-order valence-corrected chi connectivity index (χ1v) is 7.69. The van der Waals surface area contributed by atoms with Gasteiger partial charge in [0.15, 0.2) is 5.96 Å². The van der Waals surface area contributed by atoms with Crippen LogP contribution in [0.5, 0.6) is 0 Å². The second-order valence-corrected chi connectivity index (χ2v) is 5.48. The van der Waals surface area contributed by atoms with Gasteiger partial charge in [-0.2, -0.15) is 5.10 Å². The van der Waals surface area contributed by atoms with Crippen LogP contribution in [0.3, 0.4) is 0 Å². The average Bonchev–Trinajstić information content (AvgIpc) is 3.07. The summed E-state index contributed by atoms with van der Waals surface area (Å²) < 4.78 is 4.06. The molecule has 0 radical (unpaired) electrons. The lowest BCUT2D eigenvalue weighted by molar-refractivity contribution is 0.460. The monoisotopic (exact) mass is 430 g/mol. The molecule has 0 aliphatic carbocycles. The molecule has 0 saturated carbocycles. The molecule has 2 rings (SSSR count). The van der Waals surface area contributed by atoms with Crippen LogP contribution < -0.4 is 5.32 Å². The maximum atomic E-state index is 4.69. The highest BCUT2D eigenvalue weighted by Crippen LogP contribution is 2.04. The minimum absolute atomic E-state index is 0. The number of nitrogens with zero attached hydrogens (tertiary/aromatic N) is 5. The number of rotatable bonds is 6. The smallest absolute Gasteiger partial charge is 0.194 e. The lowest BCUT2D eigenvalue weighted by atomic mass is 10.4. The number of aliphatic imine (C=N–C) groups is 1. The van der Waals surface area contributed by atoms with Crippen molar-refractivity contribution in [3.05, 3.63) is 42.0 Å². The van der Waals surface area contributed by atoms with Crippen LogP contribution in [0.4, 0.5) is 0 Å². The summed E-state index contributed by atoms with van der Waals surface area (Å²) in [5.74, 6) is 0.924. The molecule has 0 atom stereocenters. The van der Waals surface area contributed by atoms with Crippen LogP contribution in [0, 0.1) is 6.92 Å². The highest BCUT2D eigenvalue weighted by Gasteiger charge is 2.08. The normalized spacial score (nSPS) is 11.2. The van der Waals surface area contributed by atoms with Gasteiger partial charge in [-0.05, 0) is 31.5 Å². The second kappa shape index (κ2) is 9.59. The van der Waals surface area contributed by atoms with Crippen molar-refractivity contribution >= 4 is 29.9 Å². The highest BCUT2D eigenvalue weighted by molar-refractivity contribution is 14.0. The third-order valence-electron chi connectivity index (χ3n) is 3.50. The van der Waals surface area contributed by atoms with Gasteiger partial charge in [0.1, 0.15) is 0 Å². The Morgan fingerprint density at radius 3 is 2.78 bits per heavy atom. The van der Waals surface area contributed by atoms with E-state index >= 15 is 0 Å². The molecule has 0 unspecified atom stereocenters. The topological polar surface area (TPSA) is 50.4 Å². The van der Waals surface area contributed by atoms with E-state index in [9.17, 15) is 0 Å². The standard InChI is InChI=1S/C16H26N6.HI/c1-5-17-16(18-8-10-22-12-14(2)11-19-22)21(4)13-15-7-6-9-20(15)3;/h6-7,9,11-12H,5,8,10,13H2,1-4H3,(H,17,18);1H. The van der Waals surface area contributed by atoms with E-state index in [0.29, 0.717) is 6.54 Å². The molecule has 23 heavy (non-hydrogen) atoms. The number of nitrogens with one attached hydrogen (secondary N) is 1. The van der Waals surface area contributed by atoms with Crippen LogP contribution in [-0.2, 0) is 20.1 Å². The summed E-state index contributed by atoms with van der Waals surface area (Å²) in [4.78, 5) is 6.84. The van der Waals surface area contributed by atoms with Crippen LogP contribution in [0.1, 0.15) is 18.2 Å². The van der Waals surface area contributed by atoms with E-state index in [1.54, 1.807) is 0 Å². The number of guanidine groups is 1. The summed E-state index contributed by atoms with van der Waals surface area (Å²) in [6.45, 7) is 7.32. The van der Waals surface area contributed by atoms with E-state index in [1.165, 1.54) is 11.3 Å². The van der Waals surface area contributed by atoms with Crippen LogP contribution >= 0.6 is 24.0 Å². The zero-order chi connectivity index (χ0) is 15.9. The van der Waals surface area contributed by atoms with Crippen LogP contribution in [0.25, 0.3) is 0 Å². The number of aromatic nitrogens is 3. The maximum Gasteiger partial charge on any atom is 0.194 e. The molecule has 0 bridgehead atoms. The van der Waals surface area contributed by atoms with Gasteiger partial charge in [-0.1, -0.05) is 0 Å². The zero-order valence-corrected chi connectivity index (χ0v) is 16.7. The molecule has 2 aromatic rings. The molecule has 6 nitrogen and oxygen atoms in total. The van der Waals surface area contributed by atoms with Gasteiger partial charge in [-0.25, -0.2) is 0 Å². The number of hydrogen-bond acceptors (Lipinski definition) is 2. The van der Waals surface area contributed by atoms with E-state index in [2.05, 4.69) is 64.2 Å². The van der Waals surface area contributed by atoms with Crippen molar-refractivity contribution in [2.75, 3.05) is 20.1 Å². The molecule has 0 spiro atoms. The van der Waals surface area contributed by atoms with E-state index < -0.39 is 0 Å². The second-order valence-electron chi connectivity index (χ2n) is 5.48. The Kier molecular flexibility index (Phi) is 8.15. The summed E-state index contributed by atoms with van der Waals surface area (Å²) in [6.07, 6.45) is 5.97. The first-order chi connectivity index (χ1) is 10.6. The Bertz CT molecular complexity index is 616. The molecule has 0 aliphatic heterocycles. The number of hydrogen-bond donors (Lipinski definition) is 1. The quantitative estimate of drug-likeness (QED) is 0.435. The lowest BCUT2D eigenvalue weighted by Crippen LogP contribution is -2.39. The fourth-order valence-corrected chi connectivity index (χ4v) is 2.30. The molecule has 128 valence electrons. The van der Waals surface area contributed by atoms with Gasteiger partial charge < -0.3 is 14.8 Å². The predicted octanol–water partition coefficient (Wildman–Crippen LogP) is 2.25. The minimum atomic E-state index is 0. The molecular formula is C16H27IN6. The number of halogens is 1. The number of aryl methyl sites for hydroxylation is 2. The first kappa shape index (κ1) is 19.5. The summed E-state index contributed by atoms with van der Waals surface area (Å²) in [5, 5.41) is 7.63. The van der Waals surface area contributed by atoms with E-state index in [0.717, 1.165) is 25.6 Å². The van der Waals surface area contributed by atoms with Crippen LogP contribution in [0.2, 0.25) is 0 Å². The van der Waals surface area contributed by atoms with Gasteiger partial charge in [-0.3, -0.25) is 9.67 Å². The highest BCUT2D eigenvalue weighted by atomic mass is 127. The fourth-order valence-electron chi connectivity index (χ4n) is 2.30. The van der Waals surface area contributed by atoms with Crippen molar-refractivity contribution in [3.8, 4) is 0 Å². The largest absolute Gasteiger partial charge is 0.357 e. The molecule has 0 saturated heterocycles. The fraction of sp³-hybridized carbons (Fsp3) is 0.500. The molecule has 1 N–H and O–H groups in total. The molecule has 0 aliphatic rings. The van der Waals surface area contributed by atoms with Crippen molar-refractivity contribution in [2.24, 2.45) is 12.0 Å². The third-order valence-corrected chi connectivity index (χ3v) is 3.50. The average molecular weight is 430 g/mol. The predicted molar refractivity (Wildman–Crippen MR) is 105 cm³/mol. The molecule has 2 aromatic heterocycles. The van der Waals surface area contributed by atoms with Crippen molar-refractivity contribution in [1.82, 2.24) is 24.6 Å². The van der Waals surface area contributed by atoms with E-state index in [-0.39, 0.29) is 24.0 Å². The van der Waals surface area contributed by atoms with E-state index in [1.807, 2.05) is 24.0 Å². The molecule has 2 heterocycles. The summed E-state index contributed by atoms with van der Waals surface area (Å²) in [6, 6.07) is 4.19. The van der Waals surface area contributed by atoms with E-state index in [4.69, 9.17) is 0 Å². The summed E-state index contributed by atoms with van der Waals surface area (Å²) in [7, 11) is 4.12. The van der Waals surface area contributed by atoms with Crippen LogP contribution in [0.15, 0.2) is 35.7 Å². The SMILES string of the molecule is CCNC(=NCCn1cc(C)cn1)N(C)Cc1cccn1C.I. The van der Waals surface area contributed by atoms with Gasteiger partial charge in [0, 0.05) is 38.7 Å². The first-order valence-electron chi connectivity index (χ1n) is 7.69. The molecule has 0 amide bonds. The Balaban J connectivity index is 0.00000264. The van der Waals surface area contributed by atoms with Crippen molar-refractivity contribution in [3.63, 3.8) is 0 Å². The van der Waals surface area contributed by atoms with Gasteiger partial charge in [0.05, 0.1) is 25.8 Å². The van der Waals surface area contributed by atoms with Gasteiger partial charge >= 0.3 is 0 Å². The van der Waals surface area contributed by atoms with Gasteiger partial charge in [-0.15, -0.1) is 24.0 Å². The lowest BCUT2D eigenvalue weighted by Gasteiger charge is -2.22. The minimum Gasteiger partial charge on any atom is -0.357 e. The van der Waals surface area contributed by atoms with Gasteiger partial charge in [0.25, 0.3) is 0 Å². The van der Waals surface area contributed by atoms with Gasteiger partial charge in [0.2, 0.25) is 0 Å². The Labute approximate surface area is 155 Å².